The van der Waals surface area contributed by atoms with E-state index in [9.17, 15) is 0 Å². The van der Waals surface area contributed by atoms with Crippen LogP contribution in [0.1, 0.15) is 24.8 Å². The van der Waals surface area contributed by atoms with Crippen LogP contribution >= 0.6 is 15.9 Å². The van der Waals surface area contributed by atoms with Gasteiger partial charge in [0.1, 0.15) is 0 Å². The van der Waals surface area contributed by atoms with Gasteiger partial charge in [0.25, 0.3) is 0 Å². The highest BCUT2D eigenvalue weighted by molar-refractivity contribution is 9.10. The third kappa shape index (κ3) is 2.28. The number of benzene rings is 1. The summed E-state index contributed by atoms with van der Waals surface area (Å²) in [6.45, 7) is 3.12. The third-order valence-electron chi connectivity index (χ3n) is 4.01. The SMILES string of the molecule is Brc1cccc(C2(CC3CCCO3)CNC2)c1. The summed E-state index contributed by atoms with van der Waals surface area (Å²) in [5.74, 6) is 0. The Kier molecular flexibility index (Phi) is 3.24. The van der Waals surface area contributed by atoms with E-state index in [0.717, 1.165) is 26.1 Å². The lowest BCUT2D eigenvalue weighted by atomic mass is 9.71. The lowest BCUT2D eigenvalue weighted by Gasteiger charge is -2.44. The van der Waals surface area contributed by atoms with Crippen LogP contribution in [0, 0.1) is 0 Å². The number of rotatable bonds is 3. The molecule has 1 aromatic rings. The molecule has 0 aliphatic carbocycles. The van der Waals surface area contributed by atoms with Crippen molar-refractivity contribution in [1.29, 1.82) is 0 Å². The van der Waals surface area contributed by atoms with Crippen molar-refractivity contribution in [2.75, 3.05) is 19.7 Å². The Balaban J connectivity index is 1.81. The standard InChI is InChI=1S/C14H18BrNO/c15-12-4-1-3-11(7-12)14(9-16-10-14)8-13-5-2-6-17-13/h1,3-4,7,13,16H,2,5-6,8-10H2. The molecule has 2 nitrogen and oxygen atoms in total. The van der Waals surface area contributed by atoms with E-state index in [4.69, 9.17) is 4.74 Å². The summed E-state index contributed by atoms with van der Waals surface area (Å²) in [6.07, 6.45) is 4.09. The minimum Gasteiger partial charge on any atom is -0.378 e. The van der Waals surface area contributed by atoms with Crippen LogP contribution in [0.5, 0.6) is 0 Å². The second kappa shape index (κ2) is 4.71. The van der Waals surface area contributed by atoms with Gasteiger partial charge < -0.3 is 10.1 Å². The maximum Gasteiger partial charge on any atom is 0.0585 e. The van der Waals surface area contributed by atoms with E-state index < -0.39 is 0 Å². The molecule has 92 valence electrons. The Morgan fingerprint density at radius 1 is 1.41 bits per heavy atom. The molecule has 3 heteroatoms. The van der Waals surface area contributed by atoms with Crippen molar-refractivity contribution in [3.05, 3.63) is 34.3 Å². The summed E-state index contributed by atoms with van der Waals surface area (Å²) >= 11 is 3.57. The maximum atomic E-state index is 5.80. The molecule has 1 aromatic carbocycles. The van der Waals surface area contributed by atoms with Gasteiger partial charge in [0.05, 0.1) is 6.10 Å². The van der Waals surface area contributed by atoms with Gasteiger partial charge in [-0.15, -0.1) is 0 Å². The van der Waals surface area contributed by atoms with Gasteiger partial charge in [-0.25, -0.2) is 0 Å². The van der Waals surface area contributed by atoms with E-state index in [1.54, 1.807) is 0 Å². The lowest BCUT2D eigenvalue weighted by molar-refractivity contribution is 0.0681. The second-order valence-electron chi connectivity index (χ2n) is 5.23. The predicted octanol–water partition coefficient (Wildman–Crippen LogP) is 2.86. The molecule has 0 bridgehead atoms. The van der Waals surface area contributed by atoms with Crippen LogP contribution in [-0.2, 0) is 10.2 Å². The number of nitrogens with one attached hydrogen (secondary N) is 1. The van der Waals surface area contributed by atoms with E-state index in [1.807, 2.05) is 0 Å². The van der Waals surface area contributed by atoms with Gasteiger partial charge in [-0.2, -0.15) is 0 Å². The lowest BCUT2D eigenvalue weighted by Crippen LogP contribution is -2.58. The fourth-order valence-corrected chi connectivity index (χ4v) is 3.35. The Hall–Kier alpha value is -0.380. The van der Waals surface area contributed by atoms with Crippen LogP contribution in [0.25, 0.3) is 0 Å². The molecule has 1 N–H and O–H groups in total. The molecule has 1 unspecified atom stereocenters. The molecule has 2 aliphatic heterocycles. The molecule has 1 atom stereocenters. The molecule has 0 spiro atoms. The van der Waals surface area contributed by atoms with Crippen molar-refractivity contribution >= 4 is 15.9 Å². The number of ether oxygens (including phenoxy) is 1. The molecule has 2 aliphatic rings. The Morgan fingerprint density at radius 2 is 2.29 bits per heavy atom. The quantitative estimate of drug-likeness (QED) is 0.926. The van der Waals surface area contributed by atoms with Crippen LogP contribution in [0.3, 0.4) is 0 Å². The highest BCUT2D eigenvalue weighted by atomic mass is 79.9. The van der Waals surface area contributed by atoms with Gasteiger partial charge in [0, 0.05) is 29.6 Å². The van der Waals surface area contributed by atoms with Gasteiger partial charge >= 0.3 is 0 Å². The number of halogens is 1. The van der Waals surface area contributed by atoms with Crippen LogP contribution in [0.4, 0.5) is 0 Å². The fourth-order valence-electron chi connectivity index (χ4n) is 2.95. The zero-order chi connectivity index (χ0) is 11.7. The van der Waals surface area contributed by atoms with Gasteiger partial charge in [0.15, 0.2) is 0 Å². The Morgan fingerprint density at radius 3 is 2.88 bits per heavy atom. The van der Waals surface area contributed by atoms with Crippen molar-refractivity contribution in [3.63, 3.8) is 0 Å². The zero-order valence-corrected chi connectivity index (χ0v) is 11.5. The van der Waals surface area contributed by atoms with E-state index >= 15 is 0 Å². The summed E-state index contributed by atoms with van der Waals surface area (Å²) in [7, 11) is 0. The first-order valence-corrected chi connectivity index (χ1v) is 7.16. The molecular formula is C14H18BrNO. The normalized spacial score (nSPS) is 26.8. The van der Waals surface area contributed by atoms with Crippen molar-refractivity contribution in [2.45, 2.75) is 30.8 Å². The van der Waals surface area contributed by atoms with Gasteiger partial charge in [-0.05, 0) is 37.0 Å². The minimum atomic E-state index is 0.304. The van der Waals surface area contributed by atoms with Crippen LogP contribution in [-0.4, -0.2) is 25.8 Å². The first-order valence-electron chi connectivity index (χ1n) is 6.37. The summed E-state index contributed by atoms with van der Waals surface area (Å²) in [4.78, 5) is 0. The highest BCUT2D eigenvalue weighted by Crippen LogP contribution is 2.37. The number of hydrogen-bond donors (Lipinski definition) is 1. The van der Waals surface area contributed by atoms with E-state index in [-0.39, 0.29) is 0 Å². The van der Waals surface area contributed by atoms with Crippen molar-refractivity contribution < 1.29 is 4.74 Å². The van der Waals surface area contributed by atoms with E-state index in [1.165, 1.54) is 22.9 Å². The van der Waals surface area contributed by atoms with Crippen LogP contribution in [0.2, 0.25) is 0 Å². The molecular weight excluding hydrogens is 278 g/mol. The molecule has 0 amide bonds. The summed E-state index contributed by atoms with van der Waals surface area (Å²) in [5, 5.41) is 3.42. The third-order valence-corrected chi connectivity index (χ3v) is 4.50. The molecule has 17 heavy (non-hydrogen) atoms. The molecule has 2 heterocycles. The molecule has 2 saturated heterocycles. The molecule has 2 fully saturated rings. The monoisotopic (exact) mass is 295 g/mol. The Bertz CT molecular complexity index is 397. The molecule has 3 rings (SSSR count). The van der Waals surface area contributed by atoms with Gasteiger partial charge in [-0.3, -0.25) is 0 Å². The fraction of sp³-hybridized carbons (Fsp3) is 0.571. The number of hydrogen-bond acceptors (Lipinski definition) is 2. The topological polar surface area (TPSA) is 21.3 Å². The second-order valence-corrected chi connectivity index (χ2v) is 6.15. The van der Waals surface area contributed by atoms with E-state index in [2.05, 4.69) is 45.5 Å². The predicted molar refractivity (Wildman–Crippen MR) is 72.3 cm³/mol. The largest absolute Gasteiger partial charge is 0.378 e. The first kappa shape index (κ1) is 11.7. The van der Waals surface area contributed by atoms with Gasteiger partial charge in [-0.1, -0.05) is 28.1 Å². The van der Waals surface area contributed by atoms with Crippen molar-refractivity contribution in [2.24, 2.45) is 0 Å². The maximum absolute atomic E-state index is 5.80. The van der Waals surface area contributed by atoms with Crippen LogP contribution < -0.4 is 5.32 Å². The minimum absolute atomic E-state index is 0.304. The average Bonchev–Trinajstić information content (AvgIpc) is 2.76. The van der Waals surface area contributed by atoms with E-state index in [0.29, 0.717) is 11.5 Å². The average molecular weight is 296 g/mol. The van der Waals surface area contributed by atoms with Crippen molar-refractivity contribution in [3.8, 4) is 0 Å². The molecule has 0 saturated carbocycles. The highest BCUT2D eigenvalue weighted by Gasteiger charge is 2.41. The van der Waals surface area contributed by atoms with Crippen molar-refractivity contribution in [1.82, 2.24) is 5.32 Å². The summed E-state index contributed by atoms with van der Waals surface area (Å²) in [5.41, 5.74) is 1.75. The molecule has 0 radical (unpaired) electrons. The van der Waals surface area contributed by atoms with Gasteiger partial charge in [0.2, 0.25) is 0 Å². The summed E-state index contributed by atoms with van der Waals surface area (Å²) < 4.78 is 6.97. The molecule has 0 aromatic heterocycles. The van der Waals surface area contributed by atoms with Crippen LogP contribution in [0.15, 0.2) is 28.7 Å². The smallest absolute Gasteiger partial charge is 0.0585 e. The Labute approximate surface area is 111 Å². The zero-order valence-electron chi connectivity index (χ0n) is 9.92. The first-order chi connectivity index (χ1) is 8.28. The summed E-state index contributed by atoms with van der Waals surface area (Å²) in [6, 6.07) is 8.74.